The number of rotatable bonds is 5. The molecular weight excluding hydrogens is 314 g/mol. The van der Waals surface area contributed by atoms with Gasteiger partial charge in [0.25, 0.3) is 0 Å². The fourth-order valence-electron chi connectivity index (χ4n) is 2.69. The topological polar surface area (TPSA) is 12.0 Å². The van der Waals surface area contributed by atoms with Gasteiger partial charge in [0.1, 0.15) is 0 Å². The van der Waals surface area contributed by atoms with Gasteiger partial charge in [-0.15, -0.1) is 13.2 Å². The van der Waals surface area contributed by atoms with E-state index in [-0.39, 0.29) is 0 Å². The zero-order valence-corrected chi connectivity index (χ0v) is 15.3. The number of nitrogens with one attached hydrogen (secondary N) is 1. The van der Waals surface area contributed by atoms with E-state index in [0.717, 1.165) is 16.9 Å². The lowest BCUT2D eigenvalue weighted by Crippen LogP contribution is -1.90. The molecule has 0 aromatic heterocycles. The van der Waals surface area contributed by atoms with E-state index >= 15 is 0 Å². The maximum absolute atomic E-state index is 3.85. The summed E-state index contributed by atoms with van der Waals surface area (Å²) in [5.41, 5.74) is 6.94. The summed E-state index contributed by atoms with van der Waals surface area (Å²) in [6.45, 7) is 11.9. The number of hydrogen-bond donors (Lipinski definition) is 1. The summed E-state index contributed by atoms with van der Waals surface area (Å²) in [4.78, 5) is 0. The monoisotopic (exact) mass is 339 g/mol. The highest BCUT2D eigenvalue weighted by molar-refractivity contribution is 5.75. The van der Waals surface area contributed by atoms with Crippen molar-refractivity contribution in [2.24, 2.45) is 0 Å². The zero-order chi connectivity index (χ0) is 18.8. The highest BCUT2D eigenvalue weighted by Crippen LogP contribution is 2.24. The summed E-state index contributed by atoms with van der Waals surface area (Å²) in [7, 11) is 0. The van der Waals surface area contributed by atoms with Crippen LogP contribution in [-0.4, -0.2) is 0 Å². The van der Waals surface area contributed by atoms with Gasteiger partial charge in [0.15, 0.2) is 0 Å². The highest BCUT2D eigenvalue weighted by Gasteiger charge is 2.00. The first-order valence-electron chi connectivity index (χ1n) is 8.62. The molecule has 0 amide bonds. The van der Waals surface area contributed by atoms with Gasteiger partial charge in [-0.1, -0.05) is 73.3 Å². The molecule has 130 valence electrons. The fraction of sp³-hybridized carbons (Fsp3) is 0.0400. The van der Waals surface area contributed by atoms with Crippen molar-refractivity contribution in [2.45, 2.75) is 6.92 Å². The Morgan fingerprint density at radius 1 is 0.731 bits per heavy atom. The Morgan fingerprint density at radius 3 is 1.73 bits per heavy atom. The summed E-state index contributed by atoms with van der Waals surface area (Å²) in [5, 5.41) is 3.44. The molecule has 1 heteroatoms. The third kappa shape index (κ3) is 4.84. The van der Waals surface area contributed by atoms with Crippen molar-refractivity contribution in [1.82, 2.24) is 0 Å². The molecule has 0 unspecified atom stereocenters. The lowest BCUT2D eigenvalue weighted by molar-refractivity contribution is 1.52. The minimum atomic E-state index is 1.07. The molecule has 1 N–H and O–H groups in total. The van der Waals surface area contributed by atoms with Gasteiger partial charge < -0.3 is 5.32 Å². The van der Waals surface area contributed by atoms with Crippen LogP contribution in [0.2, 0.25) is 0 Å². The van der Waals surface area contributed by atoms with Gasteiger partial charge in [-0.2, -0.15) is 0 Å². The number of benzene rings is 3. The fourth-order valence-corrected chi connectivity index (χ4v) is 2.69. The van der Waals surface area contributed by atoms with E-state index in [0.29, 0.717) is 0 Å². The molecule has 0 radical (unpaired) electrons. The SMILES string of the molecule is C=C.C=C/C(=C\C)c1ccc(Nc2ccc(-c3ccccc3)cc2)cc1. The summed E-state index contributed by atoms with van der Waals surface area (Å²) in [6.07, 6.45) is 3.95. The maximum Gasteiger partial charge on any atom is 0.0384 e. The molecule has 0 atom stereocenters. The Bertz CT molecular complexity index is 841. The predicted octanol–water partition coefficient (Wildman–Crippen LogP) is 7.49. The van der Waals surface area contributed by atoms with E-state index in [1.54, 1.807) is 0 Å². The highest BCUT2D eigenvalue weighted by atomic mass is 14.9. The molecule has 0 aliphatic heterocycles. The van der Waals surface area contributed by atoms with Crippen LogP contribution < -0.4 is 5.32 Å². The second-order valence-electron chi connectivity index (χ2n) is 5.59. The van der Waals surface area contributed by atoms with Crippen LogP contribution in [-0.2, 0) is 0 Å². The molecule has 0 spiro atoms. The van der Waals surface area contributed by atoms with E-state index in [9.17, 15) is 0 Å². The van der Waals surface area contributed by atoms with Gasteiger partial charge in [-0.3, -0.25) is 0 Å². The van der Waals surface area contributed by atoms with E-state index < -0.39 is 0 Å². The standard InChI is InChI=1S/C23H21N.C2H4/c1-3-18(4-2)20-10-14-22(15-11-20)24-23-16-12-21(13-17-23)19-8-6-5-7-9-19;1-2/h3-17,24H,1H2,2H3;1-2H2/b18-4+;. The predicted molar refractivity (Wildman–Crippen MR) is 117 cm³/mol. The largest absolute Gasteiger partial charge is 0.356 e. The smallest absolute Gasteiger partial charge is 0.0384 e. The summed E-state index contributed by atoms with van der Waals surface area (Å²) >= 11 is 0. The number of anilines is 2. The van der Waals surface area contributed by atoms with Gasteiger partial charge in [-0.05, 0) is 53.5 Å². The van der Waals surface area contributed by atoms with E-state index in [4.69, 9.17) is 0 Å². The average Bonchev–Trinajstić information content (AvgIpc) is 2.73. The van der Waals surface area contributed by atoms with Crippen molar-refractivity contribution in [1.29, 1.82) is 0 Å². The molecule has 1 nitrogen and oxygen atoms in total. The van der Waals surface area contributed by atoms with Crippen molar-refractivity contribution >= 4 is 16.9 Å². The van der Waals surface area contributed by atoms with Gasteiger partial charge >= 0.3 is 0 Å². The molecule has 3 rings (SSSR count). The Hall–Kier alpha value is -3.32. The molecule has 0 saturated carbocycles. The number of hydrogen-bond acceptors (Lipinski definition) is 1. The van der Waals surface area contributed by atoms with Crippen LogP contribution >= 0.6 is 0 Å². The second kappa shape index (κ2) is 9.85. The first-order chi connectivity index (χ1) is 12.8. The normalized spacial score (nSPS) is 10.4. The Kier molecular flexibility index (Phi) is 7.20. The van der Waals surface area contributed by atoms with Crippen molar-refractivity contribution in [3.63, 3.8) is 0 Å². The van der Waals surface area contributed by atoms with Crippen LogP contribution in [0.25, 0.3) is 16.7 Å². The van der Waals surface area contributed by atoms with Crippen molar-refractivity contribution in [3.05, 3.63) is 116 Å². The van der Waals surface area contributed by atoms with Crippen molar-refractivity contribution in [3.8, 4) is 11.1 Å². The van der Waals surface area contributed by atoms with Crippen LogP contribution in [0, 0.1) is 0 Å². The van der Waals surface area contributed by atoms with E-state index in [1.165, 1.54) is 16.7 Å². The zero-order valence-electron chi connectivity index (χ0n) is 15.3. The first-order valence-corrected chi connectivity index (χ1v) is 8.62. The minimum absolute atomic E-state index is 1.07. The lowest BCUT2D eigenvalue weighted by atomic mass is 10.0. The maximum atomic E-state index is 3.85. The summed E-state index contributed by atoms with van der Waals surface area (Å²) in [6, 6.07) is 27.3. The molecular formula is C25H25N. The van der Waals surface area contributed by atoms with E-state index in [2.05, 4.69) is 104 Å². The van der Waals surface area contributed by atoms with Crippen LogP contribution in [0.1, 0.15) is 12.5 Å². The third-order valence-corrected chi connectivity index (χ3v) is 4.03. The first kappa shape index (κ1) is 19.0. The molecule has 0 fully saturated rings. The Balaban J connectivity index is 0.00000117. The van der Waals surface area contributed by atoms with Gasteiger partial charge in [-0.25, -0.2) is 0 Å². The summed E-state index contributed by atoms with van der Waals surface area (Å²) in [5.74, 6) is 0. The average molecular weight is 339 g/mol. The van der Waals surface area contributed by atoms with Crippen LogP contribution in [0.3, 0.4) is 0 Å². The van der Waals surface area contributed by atoms with Gasteiger partial charge in [0.2, 0.25) is 0 Å². The Labute approximate surface area is 157 Å². The molecule has 0 aliphatic carbocycles. The van der Waals surface area contributed by atoms with Crippen molar-refractivity contribution in [2.75, 3.05) is 5.32 Å². The molecule has 0 heterocycles. The third-order valence-electron chi connectivity index (χ3n) is 4.03. The molecule has 0 bridgehead atoms. The lowest BCUT2D eigenvalue weighted by Gasteiger charge is -2.09. The van der Waals surface area contributed by atoms with Crippen molar-refractivity contribution < 1.29 is 0 Å². The minimum Gasteiger partial charge on any atom is -0.356 e. The molecule has 3 aromatic rings. The quantitative estimate of drug-likeness (QED) is 0.375. The van der Waals surface area contributed by atoms with Crippen LogP contribution in [0.15, 0.2) is 111 Å². The van der Waals surface area contributed by atoms with Gasteiger partial charge in [0, 0.05) is 11.4 Å². The summed E-state index contributed by atoms with van der Waals surface area (Å²) < 4.78 is 0. The second-order valence-corrected chi connectivity index (χ2v) is 5.59. The molecule has 0 aliphatic rings. The Morgan fingerprint density at radius 2 is 1.23 bits per heavy atom. The van der Waals surface area contributed by atoms with Gasteiger partial charge in [0.05, 0.1) is 0 Å². The molecule has 0 saturated heterocycles. The molecule has 26 heavy (non-hydrogen) atoms. The van der Waals surface area contributed by atoms with Crippen LogP contribution in [0.4, 0.5) is 11.4 Å². The van der Waals surface area contributed by atoms with E-state index in [1.807, 2.05) is 19.1 Å². The molecule has 3 aromatic carbocycles. The van der Waals surface area contributed by atoms with Crippen LogP contribution in [0.5, 0.6) is 0 Å². The number of allylic oxidation sites excluding steroid dienone is 3.